The average molecular weight is 287 g/mol. The number of nitro groups is 1. The van der Waals surface area contributed by atoms with E-state index in [0.717, 1.165) is 6.07 Å². The summed E-state index contributed by atoms with van der Waals surface area (Å²) in [6, 6.07) is 4.52. The van der Waals surface area contributed by atoms with Crippen LogP contribution in [0.15, 0.2) is 29.2 Å². The van der Waals surface area contributed by atoms with Gasteiger partial charge in [0.2, 0.25) is 5.91 Å². The van der Waals surface area contributed by atoms with Crippen molar-refractivity contribution in [3.63, 3.8) is 0 Å². The van der Waals surface area contributed by atoms with Gasteiger partial charge < -0.3 is 0 Å². The van der Waals surface area contributed by atoms with Crippen molar-refractivity contribution in [1.82, 2.24) is 10.3 Å². The number of amides is 1. The Kier molecular flexibility index (Phi) is 4.57. The van der Waals surface area contributed by atoms with E-state index < -0.39 is 26.8 Å². The van der Waals surface area contributed by atoms with Crippen LogP contribution in [0.3, 0.4) is 0 Å². The van der Waals surface area contributed by atoms with Gasteiger partial charge in [-0.25, -0.2) is 8.42 Å². The van der Waals surface area contributed by atoms with Crippen LogP contribution in [0, 0.1) is 16.0 Å². The first-order chi connectivity index (χ1) is 8.74. The second-order valence-corrected chi connectivity index (χ2v) is 5.69. The van der Waals surface area contributed by atoms with Crippen molar-refractivity contribution in [2.75, 3.05) is 0 Å². The molecule has 0 fully saturated rings. The van der Waals surface area contributed by atoms with E-state index in [-0.39, 0.29) is 10.6 Å². The topological polar surface area (TPSA) is 118 Å². The SMILES string of the molecule is CC(C)C(=O)NNS(=O)(=O)c1cccc([N+](=O)[O-])c1. The molecule has 0 bridgehead atoms. The van der Waals surface area contributed by atoms with Gasteiger partial charge in [-0.2, -0.15) is 0 Å². The first-order valence-electron chi connectivity index (χ1n) is 5.30. The second kappa shape index (κ2) is 5.76. The minimum atomic E-state index is -4.03. The highest BCUT2D eigenvalue weighted by Crippen LogP contribution is 2.16. The Morgan fingerprint density at radius 2 is 2.00 bits per heavy atom. The van der Waals surface area contributed by atoms with E-state index in [1.807, 2.05) is 10.3 Å². The molecule has 0 unspecified atom stereocenters. The van der Waals surface area contributed by atoms with Crippen molar-refractivity contribution in [2.45, 2.75) is 18.7 Å². The number of nitrogens with zero attached hydrogens (tertiary/aromatic N) is 1. The lowest BCUT2D eigenvalue weighted by molar-refractivity contribution is -0.385. The number of nitro benzene ring substituents is 1. The van der Waals surface area contributed by atoms with Crippen LogP contribution in [0.1, 0.15) is 13.8 Å². The summed E-state index contributed by atoms with van der Waals surface area (Å²) in [4.78, 5) is 22.7. The molecule has 0 aliphatic rings. The van der Waals surface area contributed by atoms with Crippen LogP contribution in [0.4, 0.5) is 5.69 Å². The number of carbonyl (C=O) groups excluding carboxylic acids is 1. The molecule has 0 spiro atoms. The van der Waals surface area contributed by atoms with Crippen LogP contribution >= 0.6 is 0 Å². The Labute approximate surface area is 110 Å². The molecular weight excluding hydrogens is 274 g/mol. The minimum Gasteiger partial charge on any atom is -0.277 e. The number of benzene rings is 1. The molecule has 0 aliphatic carbocycles. The smallest absolute Gasteiger partial charge is 0.270 e. The van der Waals surface area contributed by atoms with E-state index >= 15 is 0 Å². The Balaban J connectivity index is 2.92. The third-order valence-corrected chi connectivity index (χ3v) is 3.42. The molecule has 1 aromatic carbocycles. The number of rotatable bonds is 5. The van der Waals surface area contributed by atoms with Crippen LogP contribution in [0.25, 0.3) is 0 Å². The number of nitrogens with one attached hydrogen (secondary N) is 2. The molecule has 0 radical (unpaired) electrons. The van der Waals surface area contributed by atoms with Crippen LogP contribution in [0.2, 0.25) is 0 Å². The lowest BCUT2D eigenvalue weighted by Crippen LogP contribution is -2.43. The summed E-state index contributed by atoms with van der Waals surface area (Å²) >= 11 is 0. The predicted octanol–water partition coefficient (Wildman–Crippen LogP) is 0.560. The van der Waals surface area contributed by atoms with Gasteiger partial charge in [-0.1, -0.05) is 19.9 Å². The molecule has 8 nitrogen and oxygen atoms in total. The highest BCUT2D eigenvalue weighted by atomic mass is 32.2. The van der Waals surface area contributed by atoms with Crippen molar-refractivity contribution in [3.05, 3.63) is 34.4 Å². The number of non-ortho nitro benzene ring substituents is 1. The maximum absolute atomic E-state index is 11.8. The van der Waals surface area contributed by atoms with Crippen molar-refractivity contribution >= 4 is 21.6 Å². The summed E-state index contributed by atoms with van der Waals surface area (Å²) in [6.07, 6.45) is 0. The molecule has 0 saturated carbocycles. The molecule has 0 aromatic heterocycles. The van der Waals surface area contributed by atoms with Crippen LogP contribution < -0.4 is 10.3 Å². The molecule has 0 heterocycles. The molecule has 104 valence electrons. The summed E-state index contributed by atoms with van der Waals surface area (Å²) in [5.41, 5.74) is 1.67. The van der Waals surface area contributed by atoms with E-state index in [4.69, 9.17) is 0 Å². The van der Waals surface area contributed by atoms with Gasteiger partial charge in [0, 0.05) is 18.1 Å². The Morgan fingerprint density at radius 1 is 1.37 bits per heavy atom. The standard InChI is InChI=1S/C10H13N3O5S/c1-7(2)10(14)11-12-19(17,18)9-5-3-4-8(6-9)13(15)16/h3-7,12H,1-2H3,(H,11,14). The first-order valence-corrected chi connectivity index (χ1v) is 6.78. The molecule has 0 aliphatic heterocycles. The maximum Gasteiger partial charge on any atom is 0.270 e. The molecule has 9 heteroatoms. The fourth-order valence-electron chi connectivity index (χ4n) is 1.08. The van der Waals surface area contributed by atoms with Gasteiger partial charge in [0.1, 0.15) is 0 Å². The minimum absolute atomic E-state index is 0.300. The van der Waals surface area contributed by atoms with Gasteiger partial charge in [0.15, 0.2) is 0 Å². The highest BCUT2D eigenvalue weighted by molar-refractivity contribution is 7.89. The Bertz CT molecular complexity index is 597. The van der Waals surface area contributed by atoms with E-state index in [2.05, 4.69) is 0 Å². The monoisotopic (exact) mass is 287 g/mol. The number of sulfonamides is 1. The molecule has 0 atom stereocenters. The Morgan fingerprint density at radius 3 is 2.53 bits per heavy atom. The van der Waals surface area contributed by atoms with E-state index in [1.54, 1.807) is 13.8 Å². The van der Waals surface area contributed by atoms with Gasteiger partial charge in [-0.15, -0.1) is 4.83 Å². The number of hydrogen-bond acceptors (Lipinski definition) is 5. The zero-order valence-corrected chi connectivity index (χ0v) is 11.1. The summed E-state index contributed by atoms with van der Waals surface area (Å²) in [5, 5.41) is 10.6. The number of hydrogen-bond donors (Lipinski definition) is 2. The van der Waals surface area contributed by atoms with E-state index in [1.165, 1.54) is 18.2 Å². The molecule has 1 aromatic rings. The summed E-state index contributed by atoms with van der Waals surface area (Å²) in [6.45, 7) is 3.19. The fourth-order valence-corrected chi connectivity index (χ4v) is 1.97. The number of carbonyl (C=O) groups is 1. The lowest BCUT2D eigenvalue weighted by Gasteiger charge is -2.09. The average Bonchev–Trinajstić information content (AvgIpc) is 2.36. The van der Waals surface area contributed by atoms with Crippen molar-refractivity contribution in [1.29, 1.82) is 0 Å². The lowest BCUT2D eigenvalue weighted by atomic mass is 10.2. The predicted molar refractivity (Wildman–Crippen MR) is 66.4 cm³/mol. The van der Waals surface area contributed by atoms with Crippen LogP contribution in [-0.4, -0.2) is 19.2 Å². The second-order valence-electron chi connectivity index (χ2n) is 4.00. The van der Waals surface area contributed by atoms with Crippen LogP contribution in [-0.2, 0) is 14.8 Å². The highest BCUT2D eigenvalue weighted by Gasteiger charge is 2.18. The van der Waals surface area contributed by atoms with Crippen molar-refractivity contribution < 1.29 is 18.1 Å². The first kappa shape index (κ1) is 15.1. The molecule has 2 N–H and O–H groups in total. The van der Waals surface area contributed by atoms with Gasteiger partial charge in [-0.05, 0) is 6.07 Å². The summed E-state index contributed by atoms with van der Waals surface area (Å²) < 4.78 is 23.6. The van der Waals surface area contributed by atoms with E-state index in [0.29, 0.717) is 0 Å². The van der Waals surface area contributed by atoms with Gasteiger partial charge in [0.25, 0.3) is 15.7 Å². The normalized spacial score (nSPS) is 11.3. The van der Waals surface area contributed by atoms with Gasteiger partial charge in [0.05, 0.1) is 9.82 Å². The van der Waals surface area contributed by atoms with E-state index in [9.17, 15) is 23.3 Å². The zero-order chi connectivity index (χ0) is 14.6. The van der Waals surface area contributed by atoms with Gasteiger partial charge in [-0.3, -0.25) is 20.3 Å². The molecular formula is C10H13N3O5S. The molecule has 0 saturated heterocycles. The molecule has 1 rings (SSSR count). The zero-order valence-electron chi connectivity index (χ0n) is 10.3. The van der Waals surface area contributed by atoms with Crippen LogP contribution in [0.5, 0.6) is 0 Å². The quantitative estimate of drug-likeness (QED) is 0.606. The number of hydrazine groups is 1. The Hall–Kier alpha value is -2.00. The third kappa shape index (κ3) is 4.00. The van der Waals surface area contributed by atoms with Crippen molar-refractivity contribution in [2.24, 2.45) is 5.92 Å². The largest absolute Gasteiger partial charge is 0.277 e. The third-order valence-electron chi connectivity index (χ3n) is 2.17. The van der Waals surface area contributed by atoms with Crippen molar-refractivity contribution in [3.8, 4) is 0 Å². The molecule has 1 amide bonds. The maximum atomic E-state index is 11.8. The summed E-state index contributed by atoms with van der Waals surface area (Å²) in [5.74, 6) is -0.901. The summed E-state index contributed by atoms with van der Waals surface area (Å²) in [7, 11) is -4.03. The molecule has 19 heavy (non-hydrogen) atoms. The van der Waals surface area contributed by atoms with Gasteiger partial charge >= 0.3 is 0 Å². The fraction of sp³-hybridized carbons (Fsp3) is 0.300.